The molecule has 0 fully saturated rings. The molecular weight excluding hydrogens is 164 g/mol. The van der Waals surface area contributed by atoms with Crippen LogP contribution in [0.15, 0.2) is 24.3 Å². The SMILES string of the molecule is CC(=O)C(C)Nc1ccc(N)cc1. The standard InChI is InChI=1S/C10H14N2O/c1-7(8(2)13)12-10-5-3-9(11)4-6-10/h3-7,12H,11H2,1-2H3. The molecule has 0 spiro atoms. The molecule has 3 nitrogen and oxygen atoms in total. The van der Waals surface area contributed by atoms with Crippen molar-refractivity contribution in [1.29, 1.82) is 0 Å². The molecule has 0 saturated carbocycles. The van der Waals surface area contributed by atoms with Crippen molar-refractivity contribution in [2.24, 2.45) is 0 Å². The van der Waals surface area contributed by atoms with Crippen LogP contribution in [0.4, 0.5) is 11.4 Å². The van der Waals surface area contributed by atoms with Gasteiger partial charge in [0.15, 0.2) is 5.78 Å². The number of anilines is 2. The monoisotopic (exact) mass is 178 g/mol. The fraction of sp³-hybridized carbons (Fsp3) is 0.300. The summed E-state index contributed by atoms with van der Waals surface area (Å²) in [6.07, 6.45) is 0. The van der Waals surface area contributed by atoms with Crippen LogP contribution in [0.25, 0.3) is 0 Å². The maximum atomic E-state index is 10.9. The Morgan fingerprint density at radius 1 is 1.38 bits per heavy atom. The Morgan fingerprint density at radius 2 is 1.92 bits per heavy atom. The lowest BCUT2D eigenvalue weighted by Crippen LogP contribution is -2.23. The van der Waals surface area contributed by atoms with E-state index in [-0.39, 0.29) is 11.8 Å². The molecular formula is C10H14N2O. The Hall–Kier alpha value is -1.51. The number of carbonyl (C=O) groups is 1. The average molecular weight is 178 g/mol. The molecule has 3 N–H and O–H groups in total. The smallest absolute Gasteiger partial charge is 0.151 e. The van der Waals surface area contributed by atoms with Gasteiger partial charge in [-0.2, -0.15) is 0 Å². The molecule has 0 aliphatic rings. The minimum Gasteiger partial charge on any atom is -0.399 e. The average Bonchev–Trinajstić information content (AvgIpc) is 2.08. The minimum absolute atomic E-state index is 0.122. The predicted molar refractivity (Wildman–Crippen MR) is 54.6 cm³/mol. The largest absolute Gasteiger partial charge is 0.399 e. The Morgan fingerprint density at radius 3 is 2.38 bits per heavy atom. The number of rotatable bonds is 3. The van der Waals surface area contributed by atoms with Gasteiger partial charge in [-0.05, 0) is 38.1 Å². The quantitative estimate of drug-likeness (QED) is 0.692. The van der Waals surface area contributed by atoms with Crippen molar-refractivity contribution in [2.45, 2.75) is 19.9 Å². The highest BCUT2D eigenvalue weighted by molar-refractivity contribution is 5.83. The number of hydrogen-bond acceptors (Lipinski definition) is 3. The van der Waals surface area contributed by atoms with E-state index < -0.39 is 0 Å². The van der Waals surface area contributed by atoms with Crippen LogP contribution in [0.3, 0.4) is 0 Å². The summed E-state index contributed by atoms with van der Waals surface area (Å²) in [5.74, 6) is 0.122. The summed E-state index contributed by atoms with van der Waals surface area (Å²) >= 11 is 0. The molecule has 13 heavy (non-hydrogen) atoms. The van der Waals surface area contributed by atoms with Crippen LogP contribution >= 0.6 is 0 Å². The fourth-order valence-electron chi connectivity index (χ4n) is 0.931. The van der Waals surface area contributed by atoms with E-state index >= 15 is 0 Å². The first-order valence-corrected chi connectivity index (χ1v) is 4.22. The molecule has 0 aliphatic heterocycles. The van der Waals surface area contributed by atoms with E-state index in [0.717, 1.165) is 11.4 Å². The van der Waals surface area contributed by atoms with Crippen LogP contribution in [0.1, 0.15) is 13.8 Å². The first kappa shape index (κ1) is 9.58. The normalized spacial score (nSPS) is 12.2. The van der Waals surface area contributed by atoms with E-state index in [2.05, 4.69) is 5.32 Å². The minimum atomic E-state index is -0.149. The molecule has 1 atom stereocenters. The summed E-state index contributed by atoms with van der Waals surface area (Å²) in [5.41, 5.74) is 7.16. The van der Waals surface area contributed by atoms with Crippen molar-refractivity contribution in [1.82, 2.24) is 0 Å². The van der Waals surface area contributed by atoms with E-state index in [9.17, 15) is 4.79 Å². The van der Waals surface area contributed by atoms with Gasteiger partial charge in [0.2, 0.25) is 0 Å². The Bertz CT molecular complexity index is 292. The van der Waals surface area contributed by atoms with Gasteiger partial charge in [-0.3, -0.25) is 4.79 Å². The zero-order chi connectivity index (χ0) is 9.84. The molecule has 0 saturated heterocycles. The third-order valence-corrected chi connectivity index (χ3v) is 1.90. The van der Waals surface area contributed by atoms with Crippen molar-refractivity contribution in [3.05, 3.63) is 24.3 Å². The second-order valence-corrected chi connectivity index (χ2v) is 3.10. The predicted octanol–water partition coefficient (Wildman–Crippen LogP) is 1.66. The molecule has 70 valence electrons. The zero-order valence-electron chi connectivity index (χ0n) is 7.87. The van der Waals surface area contributed by atoms with E-state index in [1.807, 2.05) is 19.1 Å². The number of Topliss-reactive ketones (excluding diaryl/α,β-unsaturated/α-hetero) is 1. The van der Waals surface area contributed by atoms with Gasteiger partial charge in [0.1, 0.15) is 0 Å². The highest BCUT2D eigenvalue weighted by Crippen LogP contribution is 2.11. The second-order valence-electron chi connectivity index (χ2n) is 3.10. The highest BCUT2D eigenvalue weighted by atomic mass is 16.1. The number of nitrogens with two attached hydrogens (primary N) is 1. The van der Waals surface area contributed by atoms with Gasteiger partial charge in [-0.1, -0.05) is 0 Å². The Kier molecular flexibility index (Phi) is 2.90. The van der Waals surface area contributed by atoms with Gasteiger partial charge < -0.3 is 11.1 Å². The molecule has 3 heteroatoms. The first-order valence-electron chi connectivity index (χ1n) is 4.22. The summed E-state index contributed by atoms with van der Waals surface area (Å²) < 4.78 is 0. The van der Waals surface area contributed by atoms with Gasteiger partial charge in [-0.15, -0.1) is 0 Å². The summed E-state index contributed by atoms with van der Waals surface area (Å²) in [6.45, 7) is 3.40. The topological polar surface area (TPSA) is 55.1 Å². The Labute approximate surface area is 77.9 Å². The van der Waals surface area contributed by atoms with Crippen molar-refractivity contribution >= 4 is 17.2 Å². The lowest BCUT2D eigenvalue weighted by molar-refractivity contribution is -0.117. The van der Waals surface area contributed by atoms with E-state index in [1.165, 1.54) is 0 Å². The molecule has 0 radical (unpaired) electrons. The van der Waals surface area contributed by atoms with Crippen LogP contribution in [0, 0.1) is 0 Å². The van der Waals surface area contributed by atoms with Crippen molar-refractivity contribution in [3.63, 3.8) is 0 Å². The molecule has 1 unspecified atom stereocenters. The van der Waals surface area contributed by atoms with Crippen LogP contribution in [-0.2, 0) is 4.79 Å². The van der Waals surface area contributed by atoms with Crippen molar-refractivity contribution in [2.75, 3.05) is 11.1 Å². The number of nitrogens with one attached hydrogen (secondary N) is 1. The van der Waals surface area contributed by atoms with Crippen LogP contribution in [-0.4, -0.2) is 11.8 Å². The third-order valence-electron chi connectivity index (χ3n) is 1.90. The number of ketones is 1. The summed E-state index contributed by atoms with van der Waals surface area (Å²) in [6, 6.07) is 7.16. The Balaban J connectivity index is 2.64. The number of nitrogen functional groups attached to an aromatic ring is 1. The maximum Gasteiger partial charge on any atom is 0.151 e. The molecule has 0 aromatic heterocycles. The summed E-state index contributed by atoms with van der Waals surface area (Å²) in [4.78, 5) is 10.9. The van der Waals surface area contributed by atoms with Crippen LogP contribution < -0.4 is 11.1 Å². The maximum absolute atomic E-state index is 10.9. The molecule has 0 amide bonds. The molecule has 0 heterocycles. The van der Waals surface area contributed by atoms with E-state index in [4.69, 9.17) is 5.73 Å². The second kappa shape index (κ2) is 3.94. The lowest BCUT2D eigenvalue weighted by atomic mass is 10.2. The highest BCUT2D eigenvalue weighted by Gasteiger charge is 2.05. The van der Waals surface area contributed by atoms with Crippen LogP contribution in [0.2, 0.25) is 0 Å². The van der Waals surface area contributed by atoms with Gasteiger partial charge in [0.05, 0.1) is 6.04 Å². The first-order chi connectivity index (χ1) is 6.09. The van der Waals surface area contributed by atoms with Gasteiger partial charge in [-0.25, -0.2) is 0 Å². The lowest BCUT2D eigenvalue weighted by Gasteiger charge is -2.11. The van der Waals surface area contributed by atoms with E-state index in [0.29, 0.717) is 0 Å². The molecule has 1 rings (SSSR count). The summed E-state index contributed by atoms with van der Waals surface area (Å²) in [5, 5.41) is 3.06. The van der Waals surface area contributed by atoms with Gasteiger partial charge >= 0.3 is 0 Å². The number of carbonyl (C=O) groups excluding carboxylic acids is 1. The third kappa shape index (κ3) is 2.78. The number of hydrogen-bond donors (Lipinski definition) is 2. The van der Waals surface area contributed by atoms with Gasteiger partial charge in [0.25, 0.3) is 0 Å². The molecule has 0 bridgehead atoms. The van der Waals surface area contributed by atoms with Crippen molar-refractivity contribution in [3.8, 4) is 0 Å². The molecule has 1 aromatic carbocycles. The molecule has 1 aromatic rings. The van der Waals surface area contributed by atoms with E-state index in [1.54, 1.807) is 19.1 Å². The fourth-order valence-corrected chi connectivity index (χ4v) is 0.931. The number of benzene rings is 1. The molecule has 0 aliphatic carbocycles. The van der Waals surface area contributed by atoms with Crippen molar-refractivity contribution < 1.29 is 4.79 Å². The van der Waals surface area contributed by atoms with Crippen LogP contribution in [0.5, 0.6) is 0 Å². The van der Waals surface area contributed by atoms with Gasteiger partial charge in [0, 0.05) is 11.4 Å². The zero-order valence-corrected chi connectivity index (χ0v) is 7.87. The summed E-state index contributed by atoms with van der Waals surface area (Å²) in [7, 11) is 0.